The number of hydrogen-bond donors (Lipinski definition) is 0. The van der Waals surface area contributed by atoms with Crippen LogP contribution in [0.3, 0.4) is 0 Å². The van der Waals surface area contributed by atoms with E-state index in [0.717, 1.165) is 18.3 Å². The van der Waals surface area contributed by atoms with Crippen LogP contribution >= 0.6 is 0 Å². The van der Waals surface area contributed by atoms with Crippen LogP contribution in [-0.2, 0) is 6.18 Å². The Morgan fingerprint density at radius 1 is 1.27 bits per heavy atom. The lowest BCUT2D eigenvalue weighted by atomic mass is 10.3. The second kappa shape index (κ2) is 2.48. The van der Waals surface area contributed by atoms with Crippen LogP contribution in [0, 0.1) is 0 Å². The van der Waals surface area contributed by atoms with Gasteiger partial charge in [0.15, 0.2) is 0 Å². The van der Waals surface area contributed by atoms with Gasteiger partial charge in [0.1, 0.15) is 5.56 Å². The van der Waals surface area contributed by atoms with E-state index >= 15 is 0 Å². The minimum Gasteiger partial charge on any atom is -0.166 e. The average molecular weight is 166 g/mol. The molecule has 0 N–H and O–H groups in total. The lowest BCUT2D eigenvalue weighted by Gasteiger charge is -2.00. The highest BCUT2D eigenvalue weighted by atomic mass is 19.4. The minimum atomic E-state index is -4.48. The molecule has 0 unspecified atom stereocenters. The molecule has 0 aliphatic heterocycles. The normalized spacial score (nSPS) is 11.6. The largest absolute Gasteiger partial charge is 0.422 e. The van der Waals surface area contributed by atoms with Crippen molar-refractivity contribution >= 4 is 0 Å². The van der Waals surface area contributed by atoms with Crippen LogP contribution in [0.5, 0.6) is 0 Å². The maximum absolute atomic E-state index is 12.1. The van der Waals surface area contributed by atoms with E-state index in [1.54, 1.807) is 0 Å². The first kappa shape index (κ1) is 7.97. The Balaban J connectivity index is 3.06. The predicted octanol–water partition coefficient (Wildman–Crippen LogP) is 1.73. The first-order valence-electron chi connectivity index (χ1n) is 2.75. The summed E-state index contributed by atoms with van der Waals surface area (Å²) in [5.74, 6) is 0. The molecular weight excluding hydrogens is 162 g/mol. The third-order valence-electron chi connectivity index (χ3n) is 1.09. The second-order valence-electron chi connectivity index (χ2n) is 1.93. The van der Waals surface area contributed by atoms with Gasteiger partial charge in [-0.25, -0.2) is 0 Å². The van der Waals surface area contributed by atoms with Crippen molar-refractivity contribution in [3.8, 4) is 0 Å². The molecule has 0 amide bonds. The summed E-state index contributed by atoms with van der Waals surface area (Å²) in [4.78, 5) is -0.136. The first-order chi connectivity index (χ1) is 5.00. The number of rotatable bonds is 0. The highest BCUT2D eigenvalue weighted by Crippen LogP contribution is 2.27. The molecule has 0 spiro atoms. The van der Waals surface area contributed by atoms with Crippen molar-refractivity contribution in [1.29, 1.82) is 0 Å². The highest BCUT2D eigenvalue weighted by Gasteiger charge is 2.33. The van der Waals surface area contributed by atoms with Crippen molar-refractivity contribution in [3.63, 3.8) is 0 Å². The van der Waals surface area contributed by atoms with Crippen molar-refractivity contribution < 1.29 is 22.4 Å². The minimum absolute atomic E-state index is 0.136. The summed E-state index contributed by atoms with van der Waals surface area (Å²) in [5.41, 5.74) is -0.998. The number of pyridine rings is 1. The van der Waals surface area contributed by atoms with Crippen LogP contribution in [0.15, 0.2) is 24.5 Å². The van der Waals surface area contributed by atoms with Gasteiger partial charge in [-0.2, -0.15) is 13.2 Å². The molecule has 0 radical (unpaired) electrons. The van der Waals surface area contributed by atoms with Gasteiger partial charge >= 0.3 is 6.18 Å². The number of nitrogens with zero attached hydrogens (tertiary/aromatic N) is 1. The molecule has 1 aromatic rings. The third kappa shape index (κ3) is 1.89. The Morgan fingerprint density at radius 3 is 2.27 bits per heavy atom. The van der Waals surface area contributed by atoms with Gasteiger partial charge in [-0.1, -0.05) is 0 Å². The zero-order chi connectivity index (χ0) is 8.48. The molecule has 60 valence electrons. The summed E-state index contributed by atoms with van der Waals surface area (Å²) in [5, 5.41) is 0. The Kier molecular flexibility index (Phi) is 1.80. The Hall–Kier alpha value is -1.13. The summed E-state index contributed by atoms with van der Waals surface area (Å²) < 4.78 is 47.5. The van der Waals surface area contributed by atoms with Gasteiger partial charge in [0.2, 0.25) is 12.4 Å². The van der Waals surface area contributed by atoms with Crippen LogP contribution in [0.2, 0.25) is 0 Å². The smallest absolute Gasteiger partial charge is 0.166 e. The van der Waals surface area contributed by atoms with E-state index in [1.165, 1.54) is 0 Å². The van der Waals surface area contributed by atoms with Gasteiger partial charge in [0.25, 0.3) is 0 Å². The van der Waals surface area contributed by atoms with Crippen molar-refractivity contribution in [2.75, 3.05) is 0 Å². The van der Waals surface area contributed by atoms with Crippen molar-refractivity contribution in [3.05, 3.63) is 30.1 Å². The molecule has 0 saturated heterocycles. The number of aromatic nitrogens is 1. The van der Waals surface area contributed by atoms with E-state index in [4.69, 9.17) is 0 Å². The second-order valence-corrected chi connectivity index (χ2v) is 1.93. The maximum atomic E-state index is 12.1. The van der Waals surface area contributed by atoms with Crippen LogP contribution in [-0.4, -0.2) is 0 Å². The Bertz CT molecular complexity index is 255. The van der Waals surface area contributed by atoms with Gasteiger partial charge < -0.3 is 0 Å². The lowest BCUT2D eigenvalue weighted by molar-refractivity contribution is -0.844. The van der Waals surface area contributed by atoms with Crippen molar-refractivity contribution in [2.24, 2.45) is 0 Å². The van der Waals surface area contributed by atoms with E-state index in [0.29, 0.717) is 6.20 Å². The fraction of sp³-hybridized carbons (Fsp3) is 0.167. The van der Waals surface area contributed by atoms with Gasteiger partial charge in [-0.05, 0) is 6.07 Å². The van der Waals surface area contributed by atoms with Gasteiger partial charge in [0.05, 0.1) is 4.48 Å². The van der Waals surface area contributed by atoms with E-state index < -0.39 is 11.7 Å². The van der Waals surface area contributed by atoms with Crippen molar-refractivity contribution in [2.45, 2.75) is 6.18 Å². The maximum Gasteiger partial charge on any atom is 0.422 e. The number of hydrogen-bond acceptors (Lipinski definition) is 0. The zero-order valence-corrected chi connectivity index (χ0v) is 5.27. The van der Waals surface area contributed by atoms with Crippen LogP contribution in [0.4, 0.5) is 17.7 Å². The third-order valence-corrected chi connectivity index (χ3v) is 1.09. The predicted molar refractivity (Wildman–Crippen MR) is 28.1 cm³/mol. The summed E-state index contributed by atoms with van der Waals surface area (Å²) in [6, 6.07) is 1.79. The SMILES string of the molecule is F[n+]1cccc(C(F)(F)F)c1. The standard InChI is InChI=1S/C6H4F4N/c7-6(8,9)5-2-1-3-11(10)4-5/h1-4H/q+1. The molecule has 0 fully saturated rings. The molecule has 0 aromatic carbocycles. The van der Waals surface area contributed by atoms with Crippen LogP contribution < -0.4 is 4.79 Å². The Morgan fingerprint density at radius 2 is 1.91 bits per heavy atom. The highest BCUT2D eigenvalue weighted by molar-refractivity contribution is 5.08. The van der Waals surface area contributed by atoms with Crippen LogP contribution in [0.25, 0.3) is 0 Å². The molecule has 0 aliphatic rings. The fourth-order valence-corrected chi connectivity index (χ4v) is 0.616. The topological polar surface area (TPSA) is 3.88 Å². The van der Waals surface area contributed by atoms with Crippen LogP contribution in [0.1, 0.15) is 5.56 Å². The monoisotopic (exact) mass is 166 g/mol. The van der Waals surface area contributed by atoms with Gasteiger partial charge in [-0.3, -0.25) is 0 Å². The molecule has 0 saturated carbocycles. The summed E-state index contributed by atoms with van der Waals surface area (Å²) in [7, 11) is 0. The van der Waals surface area contributed by atoms with Crippen molar-refractivity contribution in [1.82, 2.24) is 0 Å². The zero-order valence-electron chi connectivity index (χ0n) is 5.27. The summed E-state index contributed by atoms with van der Waals surface area (Å²) in [6.45, 7) is 0. The van der Waals surface area contributed by atoms with E-state index in [9.17, 15) is 17.7 Å². The molecule has 1 aromatic heterocycles. The molecule has 11 heavy (non-hydrogen) atoms. The van der Waals surface area contributed by atoms with E-state index in [2.05, 4.69) is 0 Å². The van der Waals surface area contributed by atoms with E-state index in [-0.39, 0.29) is 4.79 Å². The quantitative estimate of drug-likeness (QED) is 0.516. The van der Waals surface area contributed by atoms with Gasteiger partial charge in [0, 0.05) is 10.9 Å². The lowest BCUT2D eigenvalue weighted by Crippen LogP contribution is -2.23. The molecule has 1 rings (SSSR count). The Labute approximate surface area is 59.8 Å². The molecule has 0 bridgehead atoms. The van der Waals surface area contributed by atoms with Gasteiger partial charge in [-0.15, -0.1) is 0 Å². The molecule has 1 heterocycles. The summed E-state index contributed by atoms with van der Waals surface area (Å²) in [6.07, 6.45) is -3.22. The number of halogens is 4. The number of alkyl halides is 3. The molecular formula is C6H4F4N+. The molecule has 1 nitrogen and oxygen atoms in total. The molecule has 0 atom stereocenters. The molecule has 5 heteroatoms. The molecule has 0 aliphatic carbocycles. The average Bonchev–Trinajstić information content (AvgIpc) is 1.86. The first-order valence-corrected chi connectivity index (χ1v) is 2.75. The fourth-order valence-electron chi connectivity index (χ4n) is 0.616. The summed E-state index contributed by atoms with van der Waals surface area (Å²) >= 11 is 0. The van der Waals surface area contributed by atoms with E-state index in [1.807, 2.05) is 0 Å².